The van der Waals surface area contributed by atoms with Gasteiger partial charge < -0.3 is 15.0 Å². The highest BCUT2D eigenvalue weighted by Crippen LogP contribution is 2.18. The van der Waals surface area contributed by atoms with Crippen molar-refractivity contribution in [3.05, 3.63) is 0 Å². The predicted molar refractivity (Wildman–Crippen MR) is 108 cm³/mol. The second-order valence-corrected chi connectivity index (χ2v) is 6.06. The van der Waals surface area contributed by atoms with E-state index in [1.54, 1.807) is 13.8 Å². The van der Waals surface area contributed by atoms with Gasteiger partial charge in [0.25, 0.3) is 0 Å². The van der Waals surface area contributed by atoms with Gasteiger partial charge in [-0.05, 0) is 12.8 Å². The van der Waals surface area contributed by atoms with Crippen LogP contribution in [-0.2, 0) is 19.1 Å². The average Bonchev–Trinajstić information content (AvgIpc) is 3.11. The molecule has 1 aliphatic rings. The van der Waals surface area contributed by atoms with Crippen molar-refractivity contribution < 1.29 is 19.1 Å². The Kier molecular flexibility index (Phi) is 22.1. The van der Waals surface area contributed by atoms with Crippen LogP contribution in [0, 0.1) is 5.92 Å². The summed E-state index contributed by atoms with van der Waals surface area (Å²) in [4.78, 5) is 36.2. The fraction of sp³-hybridized carbons (Fsp3) is 0.850. The van der Waals surface area contributed by atoms with Gasteiger partial charge >= 0.3 is 5.97 Å². The predicted octanol–water partition coefficient (Wildman–Crippen LogP) is 3.78. The Morgan fingerprint density at radius 3 is 1.92 bits per heavy atom. The number of hydrogen-bond acceptors (Lipinski definition) is 4. The molecule has 1 atom stereocenters. The van der Waals surface area contributed by atoms with Crippen LogP contribution >= 0.6 is 0 Å². The third-order valence-corrected chi connectivity index (χ3v) is 2.98. The van der Waals surface area contributed by atoms with Crippen molar-refractivity contribution in [3.63, 3.8) is 0 Å². The van der Waals surface area contributed by atoms with E-state index in [4.69, 9.17) is 0 Å². The third kappa shape index (κ3) is 13.7. The first-order valence-electron chi connectivity index (χ1n) is 9.95. The maximum Gasteiger partial charge on any atom is 0.328 e. The molecule has 156 valence electrons. The third-order valence-electron chi connectivity index (χ3n) is 2.98. The van der Waals surface area contributed by atoms with Crippen LogP contribution < -0.4 is 5.32 Å². The molecule has 26 heavy (non-hydrogen) atoms. The van der Waals surface area contributed by atoms with Crippen LogP contribution in [0.5, 0.6) is 0 Å². The highest BCUT2D eigenvalue weighted by atomic mass is 16.5. The van der Waals surface area contributed by atoms with Crippen LogP contribution in [0.15, 0.2) is 0 Å². The smallest absolute Gasteiger partial charge is 0.328 e. The molecule has 0 aromatic heterocycles. The van der Waals surface area contributed by atoms with Crippen molar-refractivity contribution in [1.29, 1.82) is 0 Å². The number of nitrogens with one attached hydrogen (secondary N) is 1. The molecule has 0 aromatic rings. The van der Waals surface area contributed by atoms with Gasteiger partial charge in [-0.3, -0.25) is 9.59 Å². The molecule has 1 aliphatic heterocycles. The maximum atomic E-state index is 11.9. The van der Waals surface area contributed by atoms with Gasteiger partial charge in [-0.15, -0.1) is 0 Å². The zero-order valence-electron chi connectivity index (χ0n) is 18.5. The van der Waals surface area contributed by atoms with E-state index in [-0.39, 0.29) is 24.3 Å². The first-order chi connectivity index (χ1) is 12.3. The molecule has 1 unspecified atom stereocenters. The van der Waals surface area contributed by atoms with Gasteiger partial charge in [0.2, 0.25) is 11.8 Å². The molecule has 0 saturated carbocycles. The number of nitrogens with zero attached hydrogens (tertiary/aromatic N) is 1. The van der Waals surface area contributed by atoms with E-state index in [0.717, 1.165) is 6.42 Å². The van der Waals surface area contributed by atoms with Gasteiger partial charge in [0.1, 0.15) is 6.04 Å². The average molecular weight is 375 g/mol. The van der Waals surface area contributed by atoms with Crippen LogP contribution in [0.4, 0.5) is 0 Å². The van der Waals surface area contributed by atoms with Crippen LogP contribution in [0.1, 0.15) is 81.1 Å². The summed E-state index contributed by atoms with van der Waals surface area (Å²) in [6.07, 6.45) is 3.90. The minimum Gasteiger partial charge on any atom is -0.467 e. The Morgan fingerprint density at radius 2 is 1.54 bits per heavy atom. The van der Waals surface area contributed by atoms with Crippen LogP contribution in [-0.4, -0.2) is 48.9 Å². The van der Waals surface area contributed by atoms with Gasteiger partial charge in [0.05, 0.1) is 13.7 Å². The molecule has 0 radical (unpaired) electrons. The number of carbonyl (C=O) groups excluding carboxylic acids is 3. The number of ether oxygens (including phenoxy) is 1. The molecule has 1 fully saturated rings. The molecule has 0 bridgehead atoms. The second-order valence-electron chi connectivity index (χ2n) is 6.06. The number of methoxy groups -OCH3 is 1. The molecule has 0 aromatic carbocycles. The summed E-state index contributed by atoms with van der Waals surface area (Å²) < 4.78 is 4.66. The molecule has 1 rings (SSSR count). The summed E-state index contributed by atoms with van der Waals surface area (Å²) in [5.74, 6) is -0.960. The number of carbonyl (C=O) groups is 3. The van der Waals surface area contributed by atoms with E-state index < -0.39 is 12.0 Å². The van der Waals surface area contributed by atoms with E-state index in [9.17, 15) is 14.4 Å². The van der Waals surface area contributed by atoms with E-state index in [1.165, 1.54) is 24.9 Å². The molecule has 0 spiro atoms. The Morgan fingerprint density at radius 1 is 1.08 bits per heavy atom. The standard InChI is InChI=1S/C12H20N2O4.2C3H8.C2H6/c1-8(2)11(16)13-7-10(15)14-6-4-5-9(14)12(17)18-3;2*1-3-2;1-2/h8-9H,4-7H2,1-3H3,(H,13,16);2*3H2,1-2H3;1-2H3. The number of esters is 1. The van der Waals surface area contributed by atoms with E-state index in [2.05, 4.69) is 37.7 Å². The lowest BCUT2D eigenvalue weighted by atomic mass is 10.2. The first-order valence-corrected chi connectivity index (χ1v) is 9.95. The fourth-order valence-electron chi connectivity index (χ4n) is 1.91. The minimum atomic E-state index is -0.501. The number of amides is 2. The summed E-state index contributed by atoms with van der Waals surface area (Å²) in [6, 6.07) is -0.501. The lowest BCUT2D eigenvalue weighted by Crippen LogP contribution is -2.46. The van der Waals surface area contributed by atoms with Crippen molar-refractivity contribution in [2.45, 2.75) is 87.1 Å². The quantitative estimate of drug-likeness (QED) is 0.760. The molecule has 2 amide bonds. The van der Waals surface area contributed by atoms with Crippen LogP contribution in [0.2, 0.25) is 0 Å². The van der Waals surface area contributed by atoms with Crippen molar-refractivity contribution in [3.8, 4) is 0 Å². The van der Waals surface area contributed by atoms with Crippen LogP contribution in [0.3, 0.4) is 0 Å². The largest absolute Gasteiger partial charge is 0.467 e. The van der Waals surface area contributed by atoms with Gasteiger partial charge in [0.15, 0.2) is 0 Å². The Labute approximate surface area is 161 Å². The lowest BCUT2D eigenvalue weighted by Gasteiger charge is -2.22. The molecule has 1 saturated heterocycles. The highest BCUT2D eigenvalue weighted by Gasteiger charge is 2.34. The molecular weight excluding hydrogens is 332 g/mol. The lowest BCUT2D eigenvalue weighted by molar-refractivity contribution is -0.150. The number of rotatable bonds is 4. The highest BCUT2D eigenvalue weighted by molar-refractivity contribution is 5.89. The summed E-state index contributed by atoms with van der Waals surface area (Å²) in [5.41, 5.74) is 0. The van der Waals surface area contributed by atoms with Crippen molar-refractivity contribution in [1.82, 2.24) is 10.2 Å². The molecule has 6 heteroatoms. The number of hydrogen-bond donors (Lipinski definition) is 1. The van der Waals surface area contributed by atoms with Gasteiger partial charge in [-0.25, -0.2) is 4.79 Å². The van der Waals surface area contributed by atoms with Crippen LogP contribution in [0.25, 0.3) is 0 Å². The first kappa shape index (κ1) is 29.2. The second kappa shape index (κ2) is 19.7. The maximum absolute atomic E-state index is 11.9. The summed E-state index contributed by atoms with van der Waals surface area (Å²) in [5, 5.41) is 2.55. The SMILES string of the molecule is CC.CCC.CCC.COC(=O)C1CCCN1C(=O)CNC(=O)C(C)C. The zero-order valence-corrected chi connectivity index (χ0v) is 18.5. The van der Waals surface area contributed by atoms with Crippen molar-refractivity contribution in [2.24, 2.45) is 5.92 Å². The molecule has 0 aliphatic carbocycles. The fourth-order valence-corrected chi connectivity index (χ4v) is 1.91. The Balaban J connectivity index is -0.000000567. The topological polar surface area (TPSA) is 75.7 Å². The van der Waals surface area contributed by atoms with E-state index >= 15 is 0 Å². The van der Waals surface area contributed by atoms with E-state index in [1.807, 2.05) is 13.8 Å². The Bertz CT molecular complexity index is 369. The summed E-state index contributed by atoms with van der Waals surface area (Å²) >= 11 is 0. The van der Waals surface area contributed by atoms with E-state index in [0.29, 0.717) is 13.0 Å². The molecule has 6 nitrogen and oxygen atoms in total. The minimum absolute atomic E-state index is 0.0650. The number of likely N-dealkylation sites (tertiary alicyclic amines) is 1. The molecular formula is C20H42N2O4. The van der Waals surface area contributed by atoms with Gasteiger partial charge in [-0.1, -0.05) is 68.2 Å². The molecule has 1 heterocycles. The van der Waals surface area contributed by atoms with Crippen molar-refractivity contribution >= 4 is 17.8 Å². The van der Waals surface area contributed by atoms with Gasteiger partial charge in [-0.2, -0.15) is 0 Å². The van der Waals surface area contributed by atoms with Crippen molar-refractivity contribution in [2.75, 3.05) is 20.2 Å². The van der Waals surface area contributed by atoms with Gasteiger partial charge in [0, 0.05) is 12.5 Å². The zero-order chi connectivity index (χ0) is 21.1. The normalized spacial score (nSPS) is 14.7. The summed E-state index contributed by atoms with van der Waals surface area (Å²) in [6.45, 7) is 16.5. The monoisotopic (exact) mass is 374 g/mol. The summed E-state index contributed by atoms with van der Waals surface area (Å²) in [7, 11) is 1.31. The Hall–Kier alpha value is -1.59. The molecule has 1 N–H and O–H groups in total.